The molecule has 0 aromatic carbocycles. The van der Waals surface area contributed by atoms with E-state index in [1.807, 2.05) is 0 Å². The minimum atomic E-state index is -1.76. The van der Waals surface area contributed by atoms with E-state index in [-0.39, 0.29) is 0 Å². The largest absolute Gasteiger partial charge is 0.513 e. The van der Waals surface area contributed by atoms with E-state index < -0.39 is 30.7 Å². The number of hydrogen-bond donors (Lipinski definition) is 0. The summed E-state index contributed by atoms with van der Waals surface area (Å²) in [7, 11) is 0. The number of carbonyl (C=O) groups is 1. The highest BCUT2D eigenvalue weighted by molar-refractivity contribution is 5.60. The fourth-order valence-corrected chi connectivity index (χ4v) is 0.484. The lowest BCUT2D eigenvalue weighted by atomic mass is 10.2. The topological polar surface area (TPSA) is 35.5 Å². The summed E-state index contributed by atoms with van der Waals surface area (Å²) in [5.41, 5.74) is 0. The third-order valence-electron chi connectivity index (χ3n) is 1.47. The van der Waals surface area contributed by atoms with Crippen LogP contribution in [-0.4, -0.2) is 18.9 Å². The van der Waals surface area contributed by atoms with E-state index in [1.54, 1.807) is 0 Å². The van der Waals surface area contributed by atoms with Crippen molar-refractivity contribution < 1.29 is 23.0 Å². The Morgan fingerprint density at radius 3 is 1.43 bits per heavy atom. The van der Waals surface area contributed by atoms with Crippen LogP contribution < -0.4 is 0 Å². The summed E-state index contributed by atoms with van der Waals surface area (Å²) >= 11 is 0. The maximum absolute atomic E-state index is 12.8. The first kappa shape index (κ1) is 13.1. The first-order valence-corrected chi connectivity index (χ1v) is 4.50. The molecule has 0 heterocycles. The van der Waals surface area contributed by atoms with E-state index in [0.29, 0.717) is 0 Å². The maximum Gasteiger partial charge on any atom is 0.513 e. The van der Waals surface area contributed by atoms with E-state index in [1.165, 1.54) is 27.7 Å². The van der Waals surface area contributed by atoms with Gasteiger partial charge in [-0.3, -0.25) is 0 Å². The first-order chi connectivity index (χ1) is 6.34. The number of ether oxygens (including phenoxy) is 2. The highest BCUT2D eigenvalue weighted by Crippen LogP contribution is 2.12. The summed E-state index contributed by atoms with van der Waals surface area (Å²) in [5, 5.41) is 0. The van der Waals surface area contributed by atoms with Crippen molar-refractivity contribution in [1.82, 2.24) is 0 Å². The molecule has 0 N–H and O–H groups in total. The van der Waals surface area contributed by atoms with Gasteiger partial charge in [0.15, 0.2) is 0 Å². The predicted octanol–water partition coefficient (Wildman–Crippen LogP) is 3.04. The summed E-state index contributed by atoms with van der Waals surface area (Å²) in [4.78, 5) is 10.7. The van der Waals surface area contributed by atoms with Gasteiger partial charge in [0.25, 0.3) is 0 Å². The van der Waals surface area contributed by atoms with Crippen LogP contribution in [0.1, 0.15) is 27.7 Å². The Balaban J connectivity index is 3.87. The van der Waals surface area contributed by atoms with Gasteiger partial charge >= 0.3 is 6.16 Å². The molecule has 0 saturated heterocycles. The molecule has 0 spiro atoms. The molecule has 5 heteroatoms. The number of hydrogen-bond acceptors (Lipinski definition) is 3. The van der Waals surface area contributed by atoms with E-state index in [2.05, 4.69) is 9.47 Å². The molecule has 0 fully saturated rings. The van der Waals surface area contributed by atoms with Crippen LogP contribution in [0.5, 0.6) is 0 Å². The third-order valence-corrected chi connectivity index (χ3v) is 1.47. The lowest BCUT2D eigenvalue weighted by Gasteiger charge is -2.16. The summed E-state index contributed by atoms with van der Waals surface area (Å²) in [6.07, 6.45) is -4.84. The molecule has 0 aromatic rings. The summed E-state index contributed by atoms with van der Waals surface area (Å²) in [6, 6.07) is 0. The zero-order valence-electron chi connectivity index (χ0n) is 8.79. The minimum Gasteiger partial charge on any atom is -0.399 e. The number of alkyl halides is 2. The van der Waals surface area contributed by atoms with E-state index in [4.69, 9.17) is 0 Å². The number of halogens is 2. The lowest BCUT2D eigenvalue weighted by molar-refractivity contribution is -0.0986. The normalized spacial score (nSPS) is 15.4. The highest BCUT2D eigenvalue weighted by Gasteiger charge is 2.22. The molecule has 84 valence electrons. The number of carbonyl (C=O) groups excluding carboxylic acids is 1. The Morgan fingerprint density at radius 1 is 0.929 bits per heavy atom. The van der Waals surface area contributed by atoms with Gasteiger partial charge in [0.2, 0.25) is 12.7 Å². The second-order valence-electron chi connectivity index (χ2n) is 3.68. The zero-order chi connectivity index (χ0) is 11.3. The van der Waals surface area contributed by atoms with Crippen LogP contribution >= 0.6 is 0 Å². The molecule has 3 nitrogen and oxygen atoms in total. The highest BCUT2D eigenvalue weighted by atomic mass is 19.2. The van der Waals surface area contributed by atoms with Crippen molar-refractivity contribution in [2.75, 3.05) is 0 Å². The molecule has 0 aliphatic rings. The fraction of sp³-hybridized carbons (Fsp3) is 0.889. The molecule has 0 rings (SSSR count). The van der Waals surface area contributed by atoms with Crippen LogP contribution in [-0.2, 0) is 9.47 Å². The van der Waals surface area contributed by atoms with Gasteiger partial charge in [-0.2, -0.15) is 0 Å². The Morgan fingerprint density at radius 2 is 1.21 bits per heavy atom. The van der Waals surface area contributed by atoms with Gasteiger partial charge in [-0.05, 0) is 0 Å². The van der Waals surface area contributed by atoms with Crippen molar-refractivity contribution in [2.45, 2.75) is 40.4 Å². The molecule has 0 aromatic heterocycles. The second kappa shape index (κ2) is 5.78. The van der Waals surface area contributed by atoms with Gasteiger partial charge < -0.3 is 9.47 Å². The molecule has 0 aliphatic heterocycles. The Hall–Kier alpha value is -0.870. The quantitative estimate of drug-likeness (QED) is 0.669. The van der Waals surface area contributed by atoms with Gasteiger partial charge in [-0.25, -0.2) is 13.6 Å². The SMILES string of the molecule is CC(C)C(F)OC(=O)OC(F)C(C)C. The van der Waals surface area contributed by atoms with Crippen LogP contribution in [0, 0.1) is 11.8 Å². The van der Waals surface area contributed by atoms with Crippen molar-refractivity contribution in [2.24, 2.45) is 11.8 Å². The van der Waals surface area contributed by atoms with Crippen LogP contribution in [0.2, 0.25) is 0 Å². The number of rotatable bonds is 4. The molecule has 2 atom stereocenters. The van der Waals surface area contributed by atoms with Gasteiger partial charge in [0.1, 0.15) is 0 Å². The first-order valence-electron chi connectivity index (χ1n) is 4.50. The molecule has 14 heavy (non-hydrogen) atoms. The van der Waals surface area contributed by atoms with Crippen molar-refractivity contribution >= 4 is 6.16 Å². The van der Waals surface area contributed by atoms with Crippen molar-refractivity contribution in [3.05, 3.63) is 0 Å². The molecule has 2 unspecified atom stereocenters. The monoisotopic (exact) mass is 210 g/mol. The molecule has 0 aliphatic carbocycles. The molecular weight excluding hydrogens is 194 g/mol. The third kappa shape index (κ3) is 4.99. The van der Waals surface area contributed by atoms with Crippen LogP contribution in [0.3, 0.4) is 0 Å². The molecular formula is C9H16F2O3. The molecule has 0 bridgehead atoms. The van der Waals surface area contributed by atoms with Gasteiger partial charge in [-0.15, -0.1) is 0 Å². The maximum atomic E-state index is 12.8. The second-order valence-corrected chi connectivity index (χ2v) is 3.68. The van der Waals surface area contributed by atoms with Gasteiger partial charge in [-0.1, -0.05) is 27.7 Å². The summed E-state index contributed by atoms with van der Waals surface area (Å²) in [5.74, 6) is -0.945. The van der Waals surface area contributed by atoms with E-state index in [9.17, 15) is 13.6 Å². The smallest absolute Gasteiger partial charge is 0.399 e. The van der Waals surface area contributed by atoms with Crippen LogP contribution in [0.15, 0.2) is 0 Å². The average molecular weight is 210 g/mol. The van der Waals surface area contributed by atoms with Crippen LogP contribution in [0.25, 0.3) is 0 Å². The van der Waals surface area contributed by atoms with Crippen molar-refractivity contribution in [3.8, 4) is 0 Å². The molecule has 0 amide bonds. The predicted molar refractivity (Wildman–Crippen MR) is 47.0 cm³/mol. The zero-order valence-corrected chi connectivity index (χ0v) is 8.79. The Bertz CT molecular complexity index is 165. The molecule has 0 saturated carbocycles. The average Bonchev–Trinajstić information content (AvgIpc) is 2.03. The minimum absolute atomic E-state index is 0.473. The fourth-order valence-electron chi connectivity index (χ4n) is 0.484. The Kier molecular flexibility index (Phi) is 5.42. The summed E-state index contributed by atoms with van der Waals surface area (Å²) in [6.45, 7) is 6.14. The molecule has 0 radical (unpaired) electrons. The van der Waals surface area contributed by atoms with Crippen LogP contribution in [0.4, 0.5) is 13.6 Å². The summed E-state index contributed by atoms with van der Waals surface area (Å²) < 4.78 is 33.9. The van der Waals surface area contributed by atoms with E-state index in [0.717, 1.165) is 0 Å². The lowest BCUT2D eigenvalue weighted by Crippen LogP contribution is -2.24. The Labute approximate surface area is 82.4 Å². The van der Waals surface area contributed by atoms with Crippen molar-refractivity contribution in [1.29, 1.82) is 0 Å². The standard InChI is InChI=1S/C9H16F2O3/c1-5(2)7(10)13-9(12)14-8(11)6(3)4/h5-8H,1-4H3. The van der Waals surface area contributed by atoms with E-state index >= 15 is 0 Å². The van der Waals surface area contributed by atoms with Gasteiger partial charge in [0.05, 0.1) is 0 Å². The van der Waals surface area contributed by atoms with Crippen molar-refractivity contribution in [3.63, 3.8) is 0 Å². The van der Waals surface area contributed by atoms with Gasteiger partial charge in [0, 0.05) is 11.8 Å².